The third-order valence-corrected chi connectivity index (χ3v) is 5.00. The summed E-state index contributed by atoms with van der Waals surface area (Å²) in [5.74, 6) is 0.591. The number of aromatic nitrogens is 2. The van der Waals surface area contributed by atoms with Crippen molar-refractivity contribution in [2.24, 2.45) is 0 Å². The summed E-state index contributed by atoms with van der Waals surface area (Å²) < 4.78 is 0. The molecule has 0 fully saturated rings. The Morgan fingerprint density at radius 2 is 1.75 bits per heavy atom. The summed E-state index contributed by atoms with van der Waals surface area (Å²) in [6.45, 7) is 4.13. The number of nitrogens with zero attached hydrogens (tertiary/aromatic N) is 2. The maximum absolute atomic E-state index is 6.24. The SMILES string of the molecule is Cc1cc(-c2nc(Cl)c3cc(Cl)cc(Cl)c3n2)sc1C. The molecule has 0 bridgehead atoms. The van der Waals surface area contributed by atoms with E-state index in [1.165, 1.54) is 10.4 Å². The summed E-state index contributed by atoms with van der Waals surface area (Å²) in [6, 6.07) is 5.44. The van der Waals surface area contributed by atoms with Gasteiger partial charge in [0.1, 0.15) is 5.15 Å². The first kappa shape index (κ1) is 14.1. The number of hydrogen-bond acceptors (Lipinski definition) is 3. The van der Waals surface area contributed by atoms with Gasteiger partial charge in [-0.05, 0) is 37.6 Å². The monoisotopic (exact) mass is 342 g/mol. The van der Waals surface area contributed by atoms with E-state index in [4.69, 9.17) is 34.8 Å². The third kappa shape index (κ3) is 2.40. The first-order valence-electron chi connectivity index (χ1n) is 5.85. The van der Waals surface area contributed by atoms with Gasteiger partial charge in [-0.1, -0.05) is 34.8 Å². The van der Waals surface area contributed by atoms with Crippen LogP contribution in [-0.4, -0.2) is 9.97 Å². The molecule has 0 amide bonds. The highest BCUT2D eigenvalue weighted by molar-refractivity contribution is 7.15. The molecule has 0 saturated heterocycles. The smallest absolute Gasteiger partial charge is 0.171 e. The largest absolute Gasteiger partial charge is 0.226 e. The van der Waals surface area contributed by atoms with Crippen LogP contribution in [0.2, 0.25) is 15.2 Å². The predicted octanol–water partition coefficient (Wildman–Crippen LogP) is 5.94. The van der Waals surface area contributed by atoms with Crippen molar-refractivity contribution < 1.29 is 0 Å². The maximum Gasteiger partial charge on any atom is 0.171 e. The van der Waals surface area contributed by atoms with E-state index in [2.05, 4.69) is 29.9 Å². The predicted molar refractivity (Wildman–Crippen MR) is 87.4 cm³/mol. The summed E-state index contributed by atoms with van der Waals surface area (Å²) in [5.41, 5.74) is 1.83. The van der Waals surface area contributed by atoms with E-state index >= 15 is 0 Å². The van der Waals surface area contributed by atoms with E-state index < -0.39 is 0 Å². The molecule has 0 radical (unpaired) electrons. The Morgan fingerprint density at radius 1 is 1.00 bits per heavy atom. The molecule has 0 aliphatic heterocycles. The normalized spacial score (nSPS) is 11.2. The molecule has 6 heteroatoms. The number of hydrogen-bond donors (Lipinski definition) is 0. The maximum atomic E-state index is 6.24. The molecule has 0 aliphatic rings. The van der Waals surface area contributed by atoms with Gasteiger partial charge in [-0.2, -0.15) is 0 Å². The molecule has 2 heterocycles. The van der Waals surface area contributed by atoms with E-state index in [0.717, 1.165) is 4.88 Å². The molecule has 0 spiro atoms. The van der Waals surface area contributed by atoms with Gasteiger partial charge >= 0.3 is 0 Å². The topological polar surface area (TPSA) is 25.8 Å². The van der Waals surface area contributed by atoms with Gasteiger partial charge in [0.15, 0.2) is 5.82 Å². The van der Waals surface area contributed by atoms with Crippen LogP contribution in [-0.2, 0) is 0 Å². The molecular weight excluding hydrogens is 335 g/mol. The Hall–Kier alpha value is -0.870. The second-order valence-electron chi connectivity index (χ2n) is 4.47. The van der Waals surface area contributed by atoms with Crippen molar-refractivity contribution in [3.8, 4) is 10.7 Å². The van der Waals surface area contributed by atoms with Crippen LogP contribution >= 0.6 is 46.1 Å². The van der Waals surface area contributed by atoms with Crippen molar-refractivity contribution in [1.82, 2.24) is 9.97 Å². The zero-order chi connectivity index (χ0) is 14.4. The first-order valence-corrected chi connectivity index (χ1v) is 7.80. The van der Waals surface area contributed by atoms with Crippen LogP contribution in [0.25, 0.3) is 21.6 Å². The standard InChI is InChI=1S/C14H9Cl3N2S/c1-6-3-11(20-7(6)2)14-18-12-9(13(17)19-14)4-8(15)5-10(12)16/h3-5H,1-2H3. The third-order valence-electron chi connectivity index (χ3n) is 3.06. The molecule has 2 nitrogen and oxygen atoms in total. The quantitative estimate of drug-likeness (QED) is 0.511. The number of thiophene rings is 1. The van der Waals surface area contributed by atoms with Crippen molar-refractivity contribution >= 4 is 57.0 Å². The Bertz CT molecular complexity index is 807. The van der Waals surface area contributed by atoms with E-state index in [1.54, 1.807) is 23.5 Å². The second kappa shape index (κ2) is 5.15. The molecule has 3 aromatic rings. The molecule has 1 aromatic carbocycles. The molecule has 0 atom stereocenters. The van der Waals surface area contributed by atoms with Gasteiger partial charge in [-0.3, -0.25) is 0 Å². The van der Waals surface area contributed by atoms with Crippen molar-refractivity contribution in [3.05, 3.63) is 43.8 Å². The zero-order valence-electron chi connectivity index (χ0n) is 10.7. The minimum absolute atomic E-state index is 0.359. The van der Waals surface area contributed by atoms with Gasteiger partial charge in [0.05, 0.1) is 15.4 Å². The lowest BCUT2D eigenvalue weighted by molar-refractivity contribution is 1.24. The lowest BCUT2D eigenvalue weighted by atomic mass is 10.2. The molecule has 2 aromatic heterocycles. The molecule has 0 N–H and O–H groups in total. The Balaban J connectivity index is 2.29. The summed E-state index contributed by atoms with van der Waals surface area (Å²) in [7, 11) is 0. The highest BCUT2D eigenvalue weighted by atomic mass is 35.5. The minimum atomic E-state index is 0.359. The van der Waals surface area contributed by atoms with Crippen molar-refractivity contribution in [1.29, 1.82) is 0 Å². The highest BCUT2D eigenvalue weighted by Crippen LogP contribution is 2.34. The van der Waals surface area contributed by atoms with Crippen molar-refractivity contribution in [3.63, 3.8) is 0 Å². The Morgan fingerprint density at radius 3 is 2.40 bits per heavy atom. The Kier molecular flexibility index (Phi) is 3.63. The van der Waals surface area contributed by atoms with Crippen LogP contribution in [0.5, 0.6) is 0 Å². The summed E-state index contributed by atoms with van der Waals surface area (Å²) in [5, 5.41) is 2.02. The molecule has 0 saturated carbocycles. The molecule has 3 rings (SSSR count). The van der Waals surface area contributed by atoms with Crippen LogP contribution in [0.4, 0.5) is 0 Å². The number of rotatable bonds is 1. The average Bonchev–Trinajstić information content (AvgIpc) is 2.71. The highest BCUT2D eigenvalue weighted by Gasteiger charge is 2.13. The average molecular weight is 344 g/mol. The van der Waals surface area contributed by atoms with Gasteiger partial charge in [0.25, 0.3) is 0 Å². The van der Waals surface area contributed by atoms with E-state index in [0.29, 0.717) is 31.9 Å². The van der Waals surface area contributed by atoms with Gasteiger partial charge in [-0.25, -0.2) is 9.97 Å². The number of fused-ring (bicyclic) bond motifs is 1. The number of benzene rings is 1. The zero-order valence-corrected chi connectivity index (χ0v) is 13.8. The van der Waals surface area contributed by atoms with Crippen LogP contribution in [0.15, 0.2) is 18.2 Å². The summed E-state index contributed by atoms with van der Waals surface area (Å²) in [4.78, 5) is 11.1. The number of aryl methyl sites for hydroxylation is 2. The van der Waals surface area contributed by atoms with Crippen LogP contribution < -0.4 is 0 Å². The van der Waals surface area contributed by atoms with Crippen molar-refractivity contribution in [2.45, 2.75) is 13.8 Å². The first-order chi connectivity index (χ1) is 9.45. The molecule has 102 valence electrons. The minimum Gasteiger partial charge on any atom is -0.226 e. The van der Waals surface area contributed by atoms with Gasteiger partial charge in [0, 0.05) is 15.3 Å². The number of halogens is 3. The van der Waals surface area contributed by atoms with Crippen LogP contribution in [0.1, 0.15) is 10.4 Å². The van der Waals surface area contributed by atoms with E-state index in [9.17, 15) is 0 Å². The summed E-state index contributed by atoms with van der Waals surface area (Å²) in [6.07, 6.45) is 0. The second-order valence-corrected chi connectivity index (χ2v) is 6.93. The van der Waals surface area contributed by atoms with Crippen molar-refractivity contribution in [2.75, 3.05) is 0 Å². The fraction of sp³-hybridized carbons (Fsp3) is 0.143. The fourth-order valence-electron chi connectivity index (χ4n) is 1.91. The van der Waals surface area contributed by atoms with Gasteiger partial charge in [0.2, 0.25) is 0 Å². The molecule has 20 heavy (non-hydrogen) atoms. The van der Waals surface area contributed by atoms with Gasteiger partial charge in [-0.15, -0.1) is 11.3 Å². The lowest BCUT2D eigenvalue weighted by Gasteiger charge is -2.05. The van der Waals surface area contributed by atoms with E-state index in [-0.39, 0.29) is 0 Å². The molecule has 0 aliphatic carbocycles. The summed E-state index contributed by atoms with van der Waals surface area (Å²) >= 11 is 20.1. The van der Waals surface area contributed by atoms with E-state index in [1.807, 2.05) is 0 Å². The van der Waals surface area contributed by atoms with Crippen LogP contribution in [0.3, 0.4) is 0 Å². The molecule has 0 unspecified atom stereocenters. The Labute approximate surface area is 135 Å². The van der Waals surface area contributed by atoms with Crippen LogP contribution in [0, 0.1) is 13.8 Å². The van der Waals surface area contributed by atoms with Gasteiger partial charge < -0.3 is 0 Å². The molecular formula is C14H9Cl3N2S. The lowest BCUT2D eigenvalue weighted by Crippen LogP contribution is -1.91. The fourth-order valence-corrected chi connectivity index (χ4v) is 3.64.